The maximum absolute atomic E-state index is 5.49. The highest BCUT2D eigenvalue weighted by atomic mass is 16.5. The van der Waals surface area contributed by atoms with E-state index in [1.165, 1.54) is 12.0 Å². The molecule has 2 aliphatic heterocycles. The van der Waals surface area contributed by atoms with Gasteiger partial charge in [-0.15, -0.1) is 0 Å². The van der Waals surface area contributed by atoms with Crippen molar-refractivity contribution in [1.82, 2.24) is 10.5 Å². The molecular formula is C11H16N2O2. The summed E-state index contributed by atoms with van der Waals surface area (Å²) in [4.78, 5) is 0. The van der Waals surface area contributed by atoms with Crippen molar-refractivity contribution in [1.29, 1.82) is 0 Å². The van der Waals surface area contributed by atoms with Crippen LogP contribution >= 0.6 is 0 Å². The van der Waals surface area contributed by atoms with Crippen molar-refractivity contribution in [2.24, 2.45) is 0 Å². The Balaban J connectivity index is 1.87. The number of nitrogens with zero attached hydrogens (tertiary/aromatic N) is 1. The predicted molar refractivity (Wildman–Crippen MR) is 54.7 cm³/mol. The minimum absolute atomic E-state index is 0.438. The van der Waals surface area contributed by atoms with Crippen LogP contribution in [0.25, 0.3) is 0 Å². The Hall–Kier alpha value is -0.870. The topological polar surface area (TPSA) is 47.3 Å². The molecule has 3 heterocycles. The monoisotopic (exact) mass is 208 g/mol. The van der Waals surface area contributed by atoms with E-state index >= 15 is 0 Å². The van der Waals surface area contributed by atoms with Crippen molar-refractivity contribution in [3.05, 3.63) is 17.0 Å². The van der Waals surface area contributed by atoms with E-state index in [2.05, 4.69) is 10.5 Å². The third kappa shape index (κ3) is 1.68. The number of hydrogen-bond donors (Lipinski definition) is 1. The average molecular weight is 208 g/mol. The van der Waals surface area contributed by atoms with Gasteiger partial charge in [0.2, 0.25) is 0 Å². The fraction of sp³-hybridized carbons (Fsp3) is 0.727. The molecular weight excluding hydrogens is 192 g/mol. The van der Waals surface area contributed by atoms with Gasteiger partial charge in [0.05, 0.1) is 6.61 Å². The maximum atomic E-state index is 5.49. The molecule has 15 heavy (non-hydrogen) atoms. The lowest BCUT2D eigenvalue weighted by Gasteiger charge is -2.21. The fourth-order valence-electron chi connectivity index (χ4n) is 2.45. The van der Waals surface area contributed by atoms with Crippen molar-refractivity contribution in [2.75, 3.05) is 19.8 Å². The summed E-state index contributed by atoms with van der Waals surface area (Å²) in [6.45, 7) is 3.59. The van der Waals surface area contributed by atoms with Gasteiger partial charge in [-0.25, -0.2) is 0 Å². The Morgan fingerprint density at radius 3 is 3.27 bits per heavy atom. The molecule has 1 saturated heterocycles. The lowest BCUT2D eigenvalue weighted by atomic mass is 9.93. The molecule has 0 radical (unpaired) electrons. The summed E-state index contributed by atoms with van der Waals surface area (Å²) in [6, 6.07) is 0. The van der Waals surface area contributed by atoms with Gasteiger partial charge in [0, 0.05) is 24.6 Å². The zero-order valence-corrected chi connectivity index (χ0v) is 8.79. The molecule has 4 nitrogen and oxygen atoms in total. The summed E-state index contributed by atoms with van der Waals surface area (Å²) >= 11 is 0. The van der Waals surface area contributed by atoms with Crippen LogP contribution in [0.15, 0.2) is 4.52 Å². The summed E-state index contributed by atoms with van der Waals surface area (Å²) in [7, 11) is 0. The highest BCUT2D eigenvalue weighted by molar-refractivity contribution is 5.28. The van der Waals surface area contributed by atoms with Gasteiger partial charge in [-0.2, -0.15) is 0 Å². The lowest BCUT2D eigenvalue weighted by Crippen LogP contribution is -2.24. The molecule has 1 atom stereocenters. The van der Waals surface area contributed by atoms with Crippen LogP contribution in [-0.2, 0) is 17.7 Å². The molecule has 3 rings (SSSR count). The first kappa shape index (κ1) is 9.36. The van der Waals surface area contributed by atoms with Crippen LogP contribution in [0.4, 0.5) is 0 Å². The summed E-state index contributed by atoms with van der Waals surface area (Å²) in [5.74, 6) is 1.53. The van der Waals surface area contributed by atoms with E-state index in [4.69, 9.17) is 9.26 Å². The SMILES string of the molecule is C1COCC(c2onc3c2CCNC3)C1. The smallest absolute Gasteiger partial charge is 0.145 e. The van der Waals surface area contributed by atoms with Gasteiger partial charge in [-0.05, 0) is 25.8 Å². The molecule has 82 valence electrons. The van der Waals surface area contributed by atoms with Gasteiger partial charge >= 0.3 is 0 Å². The van der Waals surface area contributed by atoms with Crippen LogP contribution in [0.5, 0.6) is 0 Å². The average Bonchev–Trinajstić information content (AvgIpc) is 2.74. The van der Waals surface area contributed by atoms with Crippen molar-refractivity contribution >= 4 is 0 Å². The minimum Gasteiger partial charge on any atom is -0.381 e. The van der Waals surface area contributed by atoms with E-state index in [0.29, 0.717) is 5.92 Å². The third-order valence-electron chi connectivity index (χ3n) is 3.28. The van der Waals surface area contributed by atoms with Crippen LogP contribution in [-0.4, -0.2) is 24.9 Å². The Bertz CT molecular complexity index is 342. The molecule has 0 aromatic carbocycles. The molecule has 1 N–H and O–H groups in total. The van der Waals surface area contributed by atoms with Gasteiger partial charge in [0.1, 0.15) is 11.5 Å². The Morgan fingerprint density at radius 1 is 1.40 bits per heavy atom. The summed E-state index contributed by atoms with van der Waals surface area (Å²) in [5.41, 5.74) is 2.44. The molecule has 0 aliphatic carbocycles. The molecule has 0 saturated carbocycles. The van der Waals surface area contributed by atoms with Crippen molar-refractivity contribution < 1.29 is 9.26 Å². The first-order valence-corrected chi connectivity index (χ1v) is 5.71. The van der Waals surface area contributed by atoms with Crippen LogP contribution in [0.2, 0.25) is 0 Å². The van der Waals surface area contributed by atoms with E-state index in [1.54, 1.807) is 0 Å². The maximum Gasteiger partial charge on any atom is 0.145 e. The van der Waals surface area contributed by atoms with Gasteiger partial charge in [0.15, 0.2) is 0 Å². The molecule has 2 aliphatic rings. The Labute approximate surface area is 89.0 Å². The summed E-state index contributed by atoms with van der Waals surface area (Å²) in [6.07, 6.45) is 3.36. The number of hydrogen-bond acceptors (Lipinski definition) is 4. The normalized spacial score (nSPS) is 26.3. The number of fused-ring (bicyclic) bond motifs is 1. The predicted octanol–water partition coefficient (Wildman–Crippen LogP) is 1.21. The Morgan fingerprint density at radius 2 is 2.40 bits per heavy atom. The molecule has 4 heteroatoms. The highest BCUT2D eigenvalue weighted by Crippen LogP contribution is 2.30. The van der Waals surface area contributed by atoms with E-state index in [1.807, 2.05) is 0 Å². The molecule has 1 aromatic rings. The van der Waals surface area contributed by atoms with Gasteiger partial charge in [-0.1, -0.05) is 5.16 Å². The van der Waals surface area contributed by atoms with E-state index in [0.717, 1.165) is 50.6 Å². The second-order valence-corrected chi connectivity index (χ2v) is 4.31. The van der Waals surface area contributed by atoms with Gasteiger partial charge < -0.3 is 14.6 Å². The zero-order chi connectivity index (χ0) is 10.1. The largest absolute Gasteiger partial charge is 0.381 e. The first-order valence-electron chi connectivity index (χ1n) is 5.71. The molecule has 0 amide bonds. The van der Waals surface area contributed by atoms with E-state index < -0.39 is 0 Å². The number of ether oxygens (including phenoxy) is 1. The molecule has 0 bridgehead atoms. The first-order chi connectivity index (χ1) is 7.45. The lowest BCUT2D eigenvalue weighted by molar-refractivity contribution is 0.0718. The molecule has 0 spiro atoms. The third-order valence-corrected chi connectivity index (χ3v) is 3.28. The molecule has 1 aromatic heterocycles. The Kier molecular flexibility index (Phi) is 2.46. The van der Waals surface area contributed by atoms with Crippen LogP contribution in [0, 0.1) is 0 Å². The van der Waals surface area contributed by atoms with Crippen LogP contribution in [0.3, 0.4) is 0 Å². The zero-order valence-electron chi connectivity index (χ0n) is 8.79. The van der Waals surface area contributed by atoms with Crippen molar-refractivity contribution in [3.63, 3.8) is 0 Å². The highest BCUT2D eigenvalue weighted by Gasteiger charge is 2.26. The quantitative estimate of drug-likeness (QED) is 0.753. The van der Waals surface area contributed by atoms with Crippen molar-refractivity contribution in [3.8, 4) is 0 Å². The molecule has 1 fully saturated rings. The standard InChI is InChI=1S/C11H16N2O2/c1-2-8(7-14-5-1)11-9-3-4-12-6-10(9)13-15-11/h8,12H,1-7H2. The summed E-state index contributed by atoms with van der Waals surface area (Å²) in [5, 5.41) is 7.44. The number of nitrogens with one attached hydrogen (secondary N) is 1. The second-order valence-electron chi connectivity index (χ2n) is 4.31. The summed E-state index contributed by atoms with van der Waals surface area (Å²) < 4.78 is 11.0. The second kappa shape index (κ2) is 3.94. The van der Waals surface area contributed by atoms with E-state index in [-0.39, 0.29) is 0 Å². The molecule has 1 unspecified atom stereocenters. The fourth-order valence-corrected chi connectivity index (χ4v) is 2.45. The van der Waals surface area contributed by atoms with Crippen molar-refractivity contribution in [2.45, 2.75) is 31.7 Å². The van der Waals surface area contributed by atoms with Crippen LogP contribution in [0.1, 0.15) is 35.8 Å². The number of rotatable bonds is 1. The van der Waals surface area contributed by atoms with E-state index in [9.17, 15) is 0 Å². The number of aromatic nitrogens is 1. The van der Waals surface area contributed by atoms with Gasteiger partial charge in [0.25, 0.3) is 0 Å². The van der Waals surface area contributed by atoms with Crippen LogP contribution < -0.4 is 5.32 Å². The van der Waals surface area contributed by atoms with Gasteiger partial charge in [-0.3, -0.25) is 0 Å². The minimum atomic E-state index is 0.438.